The Morgan fingerprint density at radius 2 is 2.04 bits per heavy atom. The van der Waals surface area contributed by atoms with Gasteiger partial charge in [0.05, 0.1) is 20.3 Å². The van der Waals surface area contributed by atoms with Gasteiger partial charge in [0.25, 0.3) is 5.56 Å². The Labute approximate surface area is 157 Å². The molecule has 27 heavy (non-hydrogen) atoms. The normalized spacial score (nSPS) is 14.1. The predicted octanol–water partition coefficient (Wildman–Crippen LogP) is 0.713. The number of methoxy groups -OCH3 is 1. The molecule has 8 nitrogen and oxygen atoms in total. The van der Waals surface area contributed by atoms with Crippen molar-refractivity contribution in [2.24, 2.45) is 0 Å². The maximum Gasteiger partial charge on any atom is 0.255 e. The summed E-state index contributed by atoms with van der Waals surface area (Å²) in [5.41, 5.74) is 1.26. The molecule has 1 aliphatic rings. The smallest absolute Gasteiger partial charge is 0.255 e. The fraction of sp³-hybridized carbons (Fsp3) is 0.421. The molecule has 0 bridgehead atoms. The van der Waals surface area contributed by atoms with Gasteiger partial charge in [-0.3, -0.25) is 14.2 Å². The summed E-state index contributed by atoms with van der Waals surface area (Å²) in [5, 5.41) is 2.84. The summed E-state index contributed by atoms with van der Waals surface area (Å²) < 4.78 is 12.1. The van der Waals surface area contributed by atoms with Crippen LogP contribution in [-0.2, 0) is 22.6 Å². The molecule has 3 rings (SSSR count). The van der Waals surface area contributed by atoms with Crippen LogP contribution in [0, 0.1) is 6.92 Å². The first-order chi connectivity index (χ1) is 13.1. The molecule has 0 saturated carbocycles. The minimum Gasteiger partial charge on any atom is -0.496 e. The highest BCUT2D eigenvalue weighted by Gasteiger charge is 2.19. The lowest BCUT2D eigenvalue weighted by molar-refractivity contribution is -0.121. The van der Waals surface area contributed by atoms with Gasteiger partial charge in [-0.2, -0.15) is 0 Å². The Balaban J connectivity index is 1.74. The molecule has 1 saturated heterocycles. The molecule has 144 valence electrons. The van der Waals surface area contributed by atoms with Crippen molar-refractivity contribution < 1.29 is 14.3 Å². The lowest BCUT2D eigenvalue weighted by Crippen LogP contribution is -2.42. The maximum atomic E-state index is 12.5. The zero-order valence-electron chi connectivity index (χ0n) is 15.6. The molecule has 0 spiro atoms. The van der Waals surface area contributed by atoms with Crippen molar-refractivity contribution in [3.8, 4) is 5.75 Å². The second kappa shape index (κ2) is 8.68. The predicted molar refractivity (Wildman–Crippen MR) is 101 cm³/mol. The van der Waals surface area contributed by atoms with Crippen molar-refractivity contribution in [1.29, 1.82) is 0 Å². The number of ether oxygens (including phenoxy) is 2. The van der Waals surface area contributed by atoms with E-state index in [9.17, 15) is 9.59 Å². The number of amides is 1. The number of aromatic nitrogens is 2. The summed E-state index contributed by atoms with van der Waals surface area (Å²) in [4.78, 5) is 31.4. The van der Waals surface area contributed by atoms with Crippen molar-refractivity contribution in [3.63, 3.8) is 0 Å². The number of rotatable bonds is 6. The van der Waals surface area contributed by atoms with Crippen LogP contribution in [0.15, 0.2) is 35.1 Å². The Bertz CT molecular complexity index is 859. The molecule has 0 aliphatic carbocycles. The number of aryl methyl sites for hydroxylation is 1. The first kappa shape index (κ1) is 18.9. The molecule has 0 unspecified atom stereocenters. The highest BCUT2D eigenvalue weighted by molar-refractivity contribution is 5.76. The number of para-hydroxylation sites is 1. The quantitative estimate of drug-likeness (QED) is 0.804. The van der Waals surface area contributed by atoms with E-state index in [4.69, 9.17) is 9.47 Å². The largest absolute Gasteiger partial charge is 0.496 e. The molecule has 0 atom stereocenters. The highest BCUT2D eigenvalue weighted by Crippen LogP contribution is 2.17. The summed E-state index contributed by atoms with van der Waals surface area (Å²) in [5.74, 6) is 0.958. The van der Waals surface area contributed by atoms with E-state index in [1.54, 1.807) is 14.0 Å². The Morgan fingerprint density at radius 3 is 2.78 bits per heavy atom. The summed E-state index contributed by atoms with van der Waals surface area (Å²) in [7, 11) is 1.59. The van der Waals surface area contributed by atoms with E-state index in [1.807, 2.05) is 29.2 Å². The average Bonchev–Trinajstić information content (AvgIpc) is 2.69. The number of morpholine rings is 1. The SMILES string of the molecule is COc1ccccc1CNC(=O)Cn1c(N2CCOCC2)nc(C)cc1=O. The molecular weight excluding hydrogens is 348 g/mol. The molecule has 1 aliphatic heterocycles. The van der Waals surface area contributed by atoms with Crippen LogP contribution < -0.4 is 20.5 Å². The third-order valence-corrected chi connectivity index (χ3v) is 4.38. The third-order valence-electron chi connectivity index (χ3n) is 4.38. The van der Waals surface area contributed by atoms with Crippen LogP contribution >= 0.6 is 0 Å². The summed E-state index contributed by atoms with van der Waals surface area (Å²) >= 11 is 0. The Kier molecular flexibility index (Phi) is 6.08. The van der Waals surface area contributed by atoms with E-state index in [0.29, 0.717) is 50.2 Å². The van der Waals surface area contributed by atoms with Crippen LogP contribution in [0.5, 0.6) is 5.75 Å². The van der Waals surface area contributed by atoms with Crippen LogP contribution in [0.3, 0.4) is 0 Å². The zero-order valence-corrected chi connectivity index (χ0v) is 15.6. The van der Waals surface area contributed by atoms with Gasteiger partial charge in [-0.05, 0) is 13.0 Å². The van der Waals surface area contributed by atoms with E-state index < -0.39 is 0 Å². The summed E-state index contributed by atoms with van der Waals surface area (Å²) in [6.07, 6.45) is 0. The van der Waals surface area contributed by atoms with E-state index >= 15 is 0 Å². The topological polar surface area (TPSA) is 85.7 Å². The van der Waals surface area contributed by atoms with Gasteiger partial charge in [0.15, 0.2) is 0 Å². The average molecular weight is 372 g/mol. The number of carbonyl (C=O) groups excluding carboxylic acids is 1. The molecule has 8 heteroatoms. The Hall–Kier alpha value is -2.87. The van der Waals surface area contributed by atoms with Gasteiger partial charge in [-0.25, -0.2) is 4.98 Å². The number of nitrogens with one attached hydrogen (secondary N) is 1. The lowest BCUT2D eigenvalue weighted by Gasteiger charge is -2.29. The van der Waals surface area contributed by atoms with Gasteiger partial charge in [-0.1, -0.05) is 18.2 Å². The van der Waals surface area contributed by atoms with Crippen LogP contribution in [0.25, 0.3) is 0 Å². The van der Waals surface area contributed by atoms with Gasteiger partial charge in [-0.15, -0.1) is 0 Å². The second-order valence-electron chi connectivity index (χ2n) is 6.31. The van der Waals surface area contributed by atoms with Crippen molar-refractivity contribution in [3.05, 3.63) is 51.9 Å². The fourth-order valence-electron chi connectivity index (χ4n) is 3.00. The van der Waals surface area contributed by atoms with Crippen LogP contribution in [0.2, 0.25) is 0 Å². The van der Waals surface area contributed by atoms with Crippen LogP contribution in [-0.4, -0.2) is 48.9 Å². The van der Waals surface area contributed by atoms with E-state index in [-0.39, 0.29) is 18.0 Å². The number of anilines is 1. The van der Waals surface area contributed by atoms with E-state index in [2.05, 4.69) is 10.3 Å². The molecule has 0 radical (unpaired) electrons. The number of nitrogens with zero attached hydrogens (tertiary/aromatic N) is 3. The van der Waals surface area contributed by atoms with Gasteiger partial charge >= 0.3 is 0 Å². The Morgan fingerprint density at radius 1 is 1.30 bits per heavy atom. The van der Waals surface area contributed by atoms with Crippen LogP contribution in [0.1, 0.15) is 11.3 Å². The third kappa shape index (κ3) is 4.65. The zero-order chi connectivity index (χ0) is 19.2. The minimum atomic E-state index is -0.261. The fourth-order valence-corrected chi connectivity index (χ4v) is 3.00. The lowest BCUT2D eigenvalue weighted by atomic mass is 10.2. The maximum absolute atomic E-state index is 12.5. The van der Waals surface area contributed by atoms with Gasteiger partial charge in [0, 0.05) is 37.0 Å². The first-order valence-corrected chi connectivity index (χ1v) is 8.88. The van der Waals surface area contributed by atoms with Crippen molar-refractivity contribution in [2.45, 2.75) is 20.0 Å². The van der Waals surface area contributed by atoms with Crippen molar-refractivity contribution >= 4 is 11.9 Å². The summed E-state index contributed by atoms with van der Waals surface area (Å²) in [6, 6.07) is 8.92. The molecule has 2 heterocycles. The van der Waals surface area contributed by atoms with E-state index in [0.717, 1.165) is 5.56 Å². The standard InChI is InChI=1S/C19H24N4O4/c1-14-11-18(25)23(19(21-14)22-7-9-27-10-8-22)13-17(24)20-12-15-5-3-4-6-16(15)26-2/h3-6,11H,7-10,12-13H2,1-2H3,(H,20,24). The van der Waals surface area contributed by atoms with Gasteiger partial charge in [0.2, 0.25) is 11.9 Å². The number of hydrogen-bond donors (Lipinski definition) is 1. The van der Waals surface area contributed by atoms with Gasteiger partial charge in [0.1, 0.15) is 12.3 Å². The number of carbonyl (C=O) groups is 1. The summed E-state index contributed by atoms with van der Waals surface area (Å²) in [6.45, 7) is 4.43. The molecule has 1 aromatic carbocycles. The molecule has 1 amide bonds. The number of hydrogen-bond acceptors (Lipinski definition) is 6. The van der Waals surface area contributed by atoms with E-state index in [1.165, 1.54) is 10.6 Å². The second-order valence-corrected chi connectivity index (χ2v) is 6.31. The monoisotopic (exact) mass is 372 g/mol. The molecule has 1 aromatic heterocycles. The first-order valence-electron chi connectivity index (χ1n) is 8.88. The van der Waals surface area contributed by atoms with Crippen molar-refractivity contribution in [1.82, 2.24) is 14.9 Å². The minimum absolute atomic E-state index is 0.0893. The highest BCUT2D eigenvalue weighted by atomic mass is 16.5. The van der Waals surface area contributed by atoms with Crippen LogP contribution in [0.4, 0.5) is 5.95 Å². The molecular formula is C19H24N4O4. The number of benzene rings is 1. The molecule has 1 fully saturated rings. The molecule has 2 aromatic rings. The molecule has 1 N–H and O–H groups in total. The van der Waals surface area contributed by atoms with Gasteiger partial charge < -0.3 is 19.7 Å². The van der Waals surface area contributed by atoms with Crippen molar-refractivity contribution in [2.75, 3.05) is 38.3 Å².